The number of Topliss-reactive ketones (excluding diaryl/α,β-unsaturated/α-hetero) is 1. The summed E-state index contributed by atoms with van der Waals surface area (Å²) in [7, 11) is 0. The molecule has 0 heterocycles. The van der Waals surface area contributed by atoms with E-state index >= 15 is 0 Å². The number of nitrogens with zero attached hydrogens (tertiary/aromatic N) is 1. The quantitative estimate of drug-likeness (QED) is 0.344. The van der Waals surface area contributed by atoms with Crippen molar-refractivity contribution in [2.45, 2.75) is 105 Å². The molecule has 5 rings (SSSR count). The Morgan fingerprint density at radius 2 is 1.68 bits per heavy atom. The molecule has 0 saturated heterocycles. The molecular weight excluding hydrogens is 533 g/mol. The van der Waals surface area contributed by atoms with Gasteiger partial charge >= 0.3 is 6.18 Å². The molecule has 0 amide bonds. The molecule has 222 valence electrons. The number of hydrogen-bond acceptors (Lipinski definition) is 5. The van der Waals surface area contributed by atoms with Crippen molar-refractivity contribution in [1.29, 1.82) is 5.26 Å². The van der Waals surface area contributed by atoms with Gasteiger partial charge in [-0.2, -0.15) is 18.4 Å². The van der Waals surface area contributed by atoms with Gasteiger partial charge in [0.05, 0.1) is 5.57 Å². The van der Waals surface area contributed by atoms with E-state index in [4.69, 9.17) is 0 Å². The standard InChI is InChI=1S/C30H39F3N2O2S.C2H6/c1-17-19-6-8-27(4)20-7-9-29(35-38-16-30(31,32)33)11-10-26(2,3)14-21(29)24(20)22(36)12-23(27)28(19,5)13-18(15-34)25(17)37;1-2/h12-13,17,19-21,24,35H,6-11,14,16H2,1-5H3;1-2H3. The highest BCUT2D eigenvalue weighted by molar-refractivity contribution is 7.97. The highest BCUT2D eigenvalue weighted by Gasteiger charge is 2.64. The Hall–Kier alpha value is -1.59. The number of nitriles is 1. The number of rotatable bonds is 3. The Balaban J connectivity index is 0.00000181. The molecule has 3 fully saturated rings. The van der Waals surface area contributed by atoms with E-state index in [1.165, 1.54) is 0 Å². The third-order valence-electron chi connectivity index (χ3n) is 11.2. The first-order valence-electron chi connectivity index (χ1n) is 15.0. The van der Waals surface area contributed by atoms with Gasteiger partial charge < -0.3 is 0 Å². The maximum absolute atomic E-state index is 14.1. The molecule has 1 N–H and O–H groups in total. The molecule has 0 aromatic heterocycles. The Morgan fingerprint density at radius 1 is 1.02 bits per heavy atom. The van der Waals surface area contributed by atoms with Gasteiger partial charge in [-0.25, -0.2) is 0 Å². The number of ketones is 2. The smallest absolute Gasteiger partial charge is 0.295 e. The van der Waals surface area contributed by atoms with E-state index in [-0.39, 0.29) is 57.6 Å². The minimum Gasteiger partial charge on any atom is -0.295 e. The molecule has 8 atom stereocenters. The maximum atomic E-state index is 14.1. The highest BCUT2D eigenvalue weighted by Crippen LogP contribution is 2.68. The molecule has 0 aromatic carbocycles. The van der Waals surface area contributed by atoms with Crippen molar-refractivity contribution in [3.63, 3.8) is 0 Å². The Morgan fingerprint density at radius 3 is 2.30 bits per heavy atom. The summed E-state index contributed by atoms with van der Waals surface area (Å²) < 4.78 is 42.4. The number of halogens is 3. The molecule has 8 heteroatoms. The van der Waals surface area contributed by atoms with Crippen LogP contribution in [0.3, 0.4) is 0 Å². The molecule has 0 aromatic rings. The molecule has 40 heavy (non-hydrogen) atoms. The van der Waals surface area contributed by atoms with Gasteiger partial charge in [0.25, 0.3) is 0 Å². The first-order valence-corrected chi connectivity index (χ1v) is 15.9. The molecule has 0 aliphatic heterocycles. The first kappa shape index (κ1) is 31.3. The lowest BCUT2D eigenvalue weighted by molar-refractivity contribution is -0.138. The lowest BCUT2D eigenvalue weighted by atomic mass is 9.40. The number of hydrogen-bond donors (Lipinski definition) is 1. The van der Waals surface area contributed by atoms with Crippen molar-refractivity contribution in [3.05, 3.63) is 23.3 Å². The molecular formula is C32H45F3N2O2S. The predicted octanol–water partition coefficient (Wildman–Crippen LogP) is 8.00. The van der Waals surface area contributed by atoms with E-state index in [2.05, 4.69) is 38.5 Å². The van der Waals surface area contributed by atoms with Crippen molar-refractivity contribution < 1.29 is 22.8 Å². The van der Waals surface area contributed by atoms with Crippen LogP contribution in [0, 0.1) is 57.2 Å². The molecule has 0 bridgehead atoms. The fourth-order valence-corrected chi connectivity index (χ4v) is 10.2. The number of carbonyl (C=O) groups is 2. The largest absolute Gasteiger partial charge is 0.399 e. The second kappa shape index (κ2) is 10.6. The summed E-state index contributed by atoms with van der Waals surface area (Å²) in [5.41, 5.74) is -0.00322. The van der Waals surface area contributed by atoms with Gasteiger partial charge in [-0.05, 0) is 79.6 Å². The molecule has 5 aliphatic carbocycles. The van der Waals surface area contributed by atoms with Crippen LogP contribution in [-0.4, -0.2) is 29.0 Å². The van der Waals surface area contributed by atoms with Crippen LogP contribution >= 0.6 is 11.9 Å². The zero-order chi connectivity index (χ0) is 29.9. The third kappa shape index (κ3) is 5.02. The summed E-state index contributed by atoms with van der Waals surface area (Å²) in [6, 6.07) is 2.11. The molecule has 5 aliphatic rings. The average molecular weight is 579 g/mol. The number of nitrogens with one attached hydrogen (secondary N) is 1. The van der Waals surface area contributed by atoms with Crippen molar-refractivity contribution in [1.82, 2.24) is 4.72 Å². The van der Waals surface area contributed by atoms with Crippen LogP contribution in [-0.2, 0) is 9.59 Å². The first-order chi connectivity index (χ1) is 18.6. The van der Waals surface area contributed by atoms with Crippen LogP contribution in [0.2, 0.25) is 0 Å². The predicted molar refractivity (Wildman–Crippen MR) is 153 cm³/mol. The van der Waals surface area contributed by atoms with Crippen LogP contribution < -0.4 is 4.72 Å². The van der Waals surface area contributed by atoms with E-state index < -0.39 is 22.9 Å². The van der Waals surface area contributed by atoms with Gasteiger partial charge in [0.1, 0.15) is 11.8 Å². The summed E-state index contributed by atoms with van der Waals surface area (Å²) in [6.07, 6.45) is 5.18. The van der Waals surface area contributed by atoms with Gasteiger partial charge in [-0.15, -0.1) is 0 Å². The molecule has 3 saturated carbocycles. The number of allylic oxidation sites excluding steroid dienone is 4. The summed E-state index contributed by atoms with van der Waals surface area (Å²) in [6.45, 7) is 14.7. The van der Waals surface area contributed by atoms with E-state index in [0.717, 1.165) is 62.5 Å². The van der Waals surface area contributed by atoms with Gasteiger partial charge in [-0.3, -0.25) is 14.3 Å². The maximum Gasteiger partial charge on any atom is 0.399 e. The lowest BCUT2D eigenvalue weighted by Crippen LogP contribution is -2.64. The van der Waals surface area contributed by atoms with E-state index in [0.29, 0.717) is 0 Å². The van der Waals surface area contributed by atoms with Crippen LogP contribution in [0.5, 0.6) is 0 Å². The van der Waals surface area contributed by atoms with Crippen LogP contribution in [0.1, 0.15) is 93.4 Å². The van der Waals surface area contributed by atoms with E-state index in [9.17, 15) is 28.0 Å². The summed E-state index contributed by atoms with van der Waals surface area (Å²) in [4.78, 5) is 27.0. The molecule has 0 radical (unpaired) electrons. The minimum atomic E-state index is -4.25. The molecule has 0 spiro atoms. The van der Waals surface area contributed by atoms with Crippen molar-refractivity contribution in [2.24, 2.45) is 45.8 Å². The topological polar surface area (TPSA) is 70.0 Å². The fraction of sp³-hybridized carbons (Fsp3) is 0.781. The van der Waals surface area contributed by atoms with E-state index in [1.54, 1.807) is 0 Å². The number of carbonyl (C=O) groups excluding carboxylic acids is 2. The Kier molecular flexibility index (Phi) is 8.30. The van der Waals surface area contributed by atoms with Crippen LogP contribution in [0.15, 0.2) is 23.3 Å². The molecule has 8 unspecified atom stereocenters. The second-order valence-corrected chi connectivity index (χ2v) is 14.7. The monoisotopic (exact) mass is 578 g/mol. The number of alkyl halides is 3. The summed E-state index contributed by atoms with van der Waals surface area (Å²) in [5, 5.41) is 9.71. The summed E-state index contributed by atoms with van der Waals surface area (Å²) >= 11 is 0.751. The second-order valence-electron chi connectivity index (χ2n) is 13.9. The normalized spacial score (nSPS) is 42.0. The highest BCUT2D eigenvalue weighted by atomic mass is 32.2. The van der Waals surface area contributed by atoms with Crippen LogP contribution in [0.25, 0.3) is 0 Å². The average Bonchev–Trinajstić information content (AvgIpc) is 2.88. The van der Waals surface area contributed by atoms with Gasteiger partial charge in [0.2, 0.25) is 0 Å². The van der Waals surface area contributed by atoms with Crippen LogP contribution in [0.4, 0.5) is 13.2 Å². The van der Waals surface area contributed by atoms with Crippen molar-refractivity contribution in [3.8, 4) is 6.07 Å². The lowest BCUT2D eigenvalue weighted by Gasteiger charge is -2.64. The number of fused-ring (bicyclic) bond motifs is 7. The van der Waals surface area contributed by atoms with Gasteiger partial charge in [-0.1, -0.05) is 72.1 Å². The Bertz CT molecular complexity index is 1150. The zero-order valence-corrected chi connectivity index (χ0v) is 25.8. The van der Waals surface area contributed by atoms with Gasteiger partial charge in [0, 0.05) is 22.8 Å². The fourth-order valence-electron chi connectivity index (χ4n) is 9.33. The zero-order valence-electron chi connectivity index (χ0n) is 25.0. The van der Waals surface area contributed by atoms with Gasteiger partial charge in [0.15, 0.2) is 11.6 Å². The SMILES string of the molecule is CC.CC1C(=O)C(C#N)=CC2(C)C3=CC(=O)C4C5CC(C)(C)CCC5(NSCC(F)(F)F)CCC4C3(C)CCC12. The third-order valence-corrected chi connectivity index (χ3v) is 12.3. The molecule has 4 nitrogen and oxygen atoms in total. The van der Waals surface area contributed by atoms with Crippen molar-refractivity contribution >= 4 is 23.5 Å². The minimum absolute atomic E-state index is 0.0187. The van der Waals surface area contributed by atoms with Crippen molar-refractivity contribution in [2.75, 3.05) is 5.75 Å². The Labute approximate surface area is 242 Å². The van der Waals surface area contributed by atoms with E-state index in [1.807, 2.05) is 32.9 Å². The summed E-state index contributed by atoms with van der Waals surface area (Å²) in [5.74, 6) is -1.37.